The highest BCUT2D eigenvalue weighted by molar-refractivity contribution is 5.75. The van der Waals surface area contributed by atoms with Crippen molar-refractivity contribution in [3.63, 3.8) is 0 Å². The van der Waals surface area contributed by atoms with Crippen LogP contribution >= 0.6 is 0 Å². The molecule has 0 bridgehead atoms. The van der Waals surface area contributed by atoms with Gasteiger partial charge in [0, 0.05) is 13.0 Å². The normalized spacial score (nSPS) is 10.3. The van der Waals surface area contributed by atoms with Gasteiger partial charge in [0.25, 0.3) is 0 Å². The van der Waals surface area contributed by atoms with E-state index in [-0.39, 0.29) is 18.0 Å². The van der Waals surface area contributed by atoms with Gasteiger partial charge in [-0.25, -0.2) is 0 Å². The Morgan fingerprint density at radius 2 is 2.33 bits per heavy atom. The van der Waals surface area contributed by atoms with E-state index in [0.717, 1.165) is 12.8 Å². The summed E-state index contributed by atoms with van der Waals surface area (Å²) in [6, 6.07) is 0. The highest BCUT2D eigenvalue weighted by atomic mass is 16.6. The minimum absolute atomic E-state index is 0.0126. The average molecular weight is 254 g/mol. The zero-order valence-electron chi connectivity index (χ0n) is 10.7. The first-order valence-corrected chi connectivity index (χ1v) is 5.99. The molecule has 0 saturated heterocycles. The van der Waals surface area contributed by atoms with E-state index in [4.69, 9.17) is 0 Å². The van der Waals surface area contributed by atoms with Gasteiger partial charge in [0.1, 0.15) is 11.9 Å². The molecule has 1 amide bonds. The van der Waals surface area contributed by atoms with Gasteiger partial charge in [-0.3, -0.25) is 19.6 Å². The Kier molecular flexibility index (Phi) is 5.29. The third-order valence-electron chi connectivity index (χ3n) is 2.68. The van der Waals surface area contributed by atoms with E-state index >= 15 is 0 Å². The van der Waals surface area contributed by atoms with Crippen LogP contribution in [0, 0.1) is 17.0 Å². The number of nitrogens with zero attached hydrogens (tertiary/aromatic N) is 3. The zero-order valence-corrected chi connectivity index (χ0v) is 10.7. The third-order valence-corrected chi connectivity index (χ3v) is 2.68. The second-order valence-corrected chi connectivity index (χ2v) is 4.05. The summed E-state index contributed by atoms with van der Waals surface area (Å²) in [5.41, 5.74) is 0.461. The van der Waals surface area contributed by atoms with Gasteiger partial charge in [-0.2, -0.15) is 5.10 Å². The Morgan fingerprint density at radius 1 is 1.61 bits per heavy atom. The van der Waals surface area contributed by atoms with Crippen molar-refractivity contribution in [3.05, 3.63) is 22.0 Å². The maximum absolute atomic E-state index is 11.5. The summed E-state index contributed by atoms with van der Waals surface area (Å²) in [6.07, 6.45) is 3.48. The molecule has 1 rings (SSSR count). The summed E-state index contributed by atoms with van der Waals surface area (Å²) in [6.45, 7) is 4.71. The van der Waals surface area contributed by atoms with Crippen LogP contribution in [-0.2, 0) is 11.3 Å². The molecule has 0 unspecified atom stereocenters. The molecule has 0 fully saturated rings. The molecule has 0 spiro atoms. The summed E-state index contributed by atoms with van der Waals surface area (Å²) < 4.78 is 1.48. The predicted molar refractivity (Wildman–Crippen MR) is 66.2 cm³/mol. The number of carbonyl (C=O) groups excluding carboxylic acids is 1. The molecule has 7 heteroatoms. The molecule has 1 aromatic heterocycles. The number of aryl methyl sites for hydroxylation is 1. The van der Waals surface area contributed by atoms with E-state index in [2.05, 4.69) is 17.3 Å². The number of hydrogen-bond donors (Lipinski definition) is 1. The van der Waals surface area contributed by atoms with E-state index in [0.29, 0.717) is 18.8 Å². The first kappa shape index (κ1) is 14.1. The molecule has 100 valence electrons. The van der Waals surface area contributed by atoms with Crippen LogP contribution in [0.4, 0.5) is 5.69 Å². The van der Waals surface area contributed by atoms with E-state index in [9.17, 15) is 14.9 Å². The number of carbonyl (C=O) groups is 1. The second-order valence-electron chi connectivity index (χ2n) is 4.05. The lowest BCUT2D eigenvalue weighted by atomic mass is 10.3. The molecule has 0 atom stereocenters. The SMILES string of the molecule is CCCCNC(=O)CCn1ncc([N+](=O)[O-])c1C. The quantitative estimate of drug-likeness (QED) is 0.452. The van der Waals surface area contributed by atoms with Crippen molar-refractivity contribution >= 4 is 11.6 Å². The Hall–Kier alpha value is -1.92. The molecule has 0 aromatic carbocycles. The standard InChI is InChI=1S/C11H18N4O3/c1-3-4-6-12-11(16)5-7-14-9(2)10(8-13-14)15(17)18/h8H,3-7H2,1-2H3,(H,12,16). The molecule has 1 heterocycles. The fourth-order valence-corrected chi connectivity index (χ4v) is 1.54. The zero-order chi connectivity index (χ0) is 13.5. The number of unbranched alkanes of at least 4 members (excludes halogenated alkanes) is 1. The van der Waals surface area contributed by atoms with Crippen LogP contribution in [0.1, 0.15) is 31.9 Å². The molecule has 0 aliphatic heterocycles. The lowest BCUT2D eigenvalue weighted by molar-refractivity contribution is -0.385. The van der Waals surface area contributed by atoms with E-state index in [1.54, 1.807) is 6.92 Å². The van der Waals surface area contributed by atoms with Crippen LogP contribution in [0.5, 0.6) is 0 Å². The number of nitrogens with one attached hydrogen (secondary N) is 1. The summed E-state index contributed by atoms with van der Waals surface area (Å²) in [5, 5.41) is 17.3. The lowest BCUT2D eigenvalue weighted by Crippen LogP contribution is -2.25. The van der Waals surface area contributed by atoms with Crippen LogP contribution in [-0.4, -0.2) is 27.2 Å². The second kappa shape index (κ2) is 6.73. The summed E-state index contributed by atoms with van der Waals surface area (Å²) in [7, 11) is 0. The van der Waals surface area contributed by atoms with Gasteiger partial charge in [-0.1, -0.05) is 13.3 Å². The van der Waals surface area contributed by atoms with Gasteiger partial charge in [0.2, 0.25) is 5.91 Å². The maximum atomic E-state index is 11.5. The molecule has 0 saturated carbocycles. The molecule has 1 aromatic rings. The van der Waals surface area contributed by atoms with Gasteiger partial charge in [-0.05, 0) is 13.3 Å². The van der Waals surface area contributed by atoms with Gasteiger partial charge < -0.3 is 5.32 Å². The molecule has 0 aliphatic rings. The van der Waals surface area contributed by atoms with E-state index < -0.39 is 4.92 Å². The average Bonchev–Trinajstić information content (AvgIpc) is 2.68. The van der Waals surface area contributed by atoms with Crippen molar-refractivity contribution in [3.8, 4) is 0 Å². The molecule has 18 heavy (non-hydrogen) atoms. The lowest BCUT2D eigenvalue weighted by Gasteiger charge is -2.05. The van der Waals surface area contributed by atoms with Crippen molar-refractivity contribution in [2.45, 2.75) is 39.7 Å². The Bertz CT molecular complexity index is 428. The largest absolute Gasteiger partial charge is 0.356 e. The highest BCUT2D eigenvalue weighted by Crippen LogP contribution is 2.16. The van der Waals surface area contributed by atoms with Crippen molar-refractivity contribution in [1.82, 2.24) is 15.1 Å². The van der Waals surface area contributed by atoms with Gasteiger partial charge >= 0.3 is 5.69 Å². The number of rotatable bonds is 7. The van der Waals surface area contributed by atoms with E-state index in [1.807, 2.05) is 0 Å². The molecular formula is C11H18N4O3. The van der Waals surface area contributed by atoms with Crippen LogP contribution in [0.25, 0.3) is 0 Å². The predicted octanol–water partition coefficient (Wildman–Crippen LogP) is 1.41. The molecule has 1 N–H and O–H groups in total. The Labute approximate surface area is 105 Å². The number of hydrogen-bond acceptors (Lipinski definition) is 4. The van der Waals surface area contributed by atoms with Gasteiger partial charge in [0.05, 0.1) is 11.5 Å². The topological polar surface area (TPSA) is 90.1 Å². The summed E-state index contributed by atoms with van der Waals surface area (Å²) >= 11 is 0. The first-order chi connectivity index (χ1) is 8.56. The third kappa shape index (κ3) is 3.83. The first-order valence-electron chi connectivity index (χ1n) is 5.99. The molecule has 7 nitrogen and oxygen atoms in total. The smallest absolute Gasteiger partial charge is 0.309 e. The molecular weight excluding hydrogens is 236 g/mol. The number of aromatic nitrogens is 2. The fourth-order valence-electron chi connectivity index (χ4n) is 1.54. The van der Waals surface area contributed by atoms with Gasteiger partial charge in [-0.15, -0.1) is 0 Å². The van der Waals surface area contributed by atoms with E-state index in [1.165, 1.54) is 10.9 Å². The fraction of sp³-hybridized carbons (Fsp3) is 0.636. The van der Waals surface area contributed by atoms with Crippen LogP contribution in [0.3, 0.4) is 0 Å². The highest BCUT2D eigenvalue weighted by Gasteiger charge is 2.16. The van der Waals surface area contributed by atoms with Crippen molar-refractivity contribution in [1.29, 1.82) is 0 Å². The minimum Gasteiger partial charge on any atom is -0.356 e. The summed E-state index contributed by atoms with van der Waals surface area (Å²) in [4.78, 5) is 21.6. The number of amides is 1. The van der Waals surface area contributed by atoms with Crippen LogP contribution in [0.2, 0.25) is 0 Å². The maximum Gasteiger partial charge on any atom is 0.309 e. The van der Waals surface area contributed by atoms with Crippen molar-refractivity contribution in [2.24, 2.45) is 0 Å². The number of nitro groups is 1. The summed E-state index contributed by atoms with van der Waals surface area (Å²) in [5.74, 6) is -0.0546. The Morgan fingerprint density at radius 3 is 2.89 bits per heavy atom. The van der Waals surface area contributed by atoms with Crippen LogP contribution in [0.15, 0.2) is 6.20 Å². The molecule has 0 radical (unpaired) electrons. The monoisotopic (exact) mass is 254 g/mol. The van der Waals surface area contributed by atoms with Crippen LogP contribution < -0.4 is 5.32 Å². The Balaban J connectivity index is 2.44. The van der Waals surface area contributed by atoms with Crippen molar-refractivity contribution < 1.29 is 9.72 Å². The minimum atomic E-state index is -0.472. The molecule has 0 aliphatic carbocycles. The van der Waals surface area contributed by atoms with Gasteiger partial charge in [0.15, 0.2) is 0 Å². The van der Waals surface area contributed by atoms with Crippen molar-refractivity contribution in [2.75, 3.05) is 6.54 Å².